The molecule has 0 saturated carbocycles. The molecule has 13 heavy (non-hydrogen) atoms. The van der Waals surface area contributed by atoms with Crippen LogP contribution in [-0.2, 0) is 0 Å². The Hall–Kier alpha value is -0.473. The lowest BCUT2D eigenvalue weighted by atomic mass is 10.0. The second-order valence-corrected chi connectivity index (χ2v) is 4.80. The zero-order chi connectivity index (χ0) is 10.5. The average molecular weight is 210 g/mol. The van der Waals surface area contributed by atoms with E-state index in [9.17, 15) is 13.2 Å². The Kier molecular flexibility index (Phi) is 4.51. The summed E-state index contributed by atoms with van der Waals surface area (Å²) in [6.45, 7) is 0.796. The number of halogens is 3. The fourth-order valence-electron chi connectivity index (χ4n) is 0.838. The molecule has 0 aliphatic rings. The van der Waals surface area contributed by atoms with Crippen LogP contribution in [0.5, 0.6) is 0 Å². The van der Waals surface area contributed by atoms with Gasteiger partial charge in [-0.1, -0.05) is 12.5 Å². The largest absolute Gasteiger partial charge is 0.416 e. The van der Waals surface area contributed by atoms with Gasteiger partial charge in [0.15, 0.2) is 5.60 Å². The Bertz CT molecular complexity index is 193. The van der Waals surface area contributed by atoms with Gasteiger partial charge in [-0.3, -0.25) is 0 Å². The summed E-state index contributed by atoms with van der Waals surface area (Å²) >= 11 is 0. The van der Waals surface area contributed by atoms with E-state index in [-0.39, 0.29) is 6.42 Å². The van der Waals surface area contributed by atoms with Gasteiger partial charge in [-0.05, 0) is 13.3 Å². The monoisotopic (exact) mass is 210 g/mol. The molecular weight excluding hydrogens is 197 g/mol. The number of aliphatic hydroxyl groups is 1. The van der Waals surface area contributed by atoms with Gasteiger partial charge in [0.05, 0.1) is 0 Å². The minimum Gasteiger partial charge on any atom is -0.381 e. The molecule has 0 bridgehead atoms. The van der Waals surface area contributed by atoms with E-state index in [1.165, 1.54) is 0 Å². The molecule has 1 nitrogen and oxygen atoms in total. The maximum atomic E-state index is 12.1. The predicted molar refractivity (Wildman–Crippen MR) is 48.1 cm³/mol. The maximum absolute atomic E-state index is 12.1. The van der Waals surface area contributed by atoms with Gasteiger partial charge in [-0.2, -0.15) is 13.2 Å². The van der Waals surface area contributed by atoms with Gasteiger partial charge in [-0.15, -0.1) is 12.0 Å². The summed E-state index contributed by atoms with van der Waals surface area (Å²) < 4.78 is 36.2. The smallest absolute Gasteiger partial charge is 0.381 e. The van der Waals surface area contributed by atoms with Gasteiger partial charge in [0.2, 0.25) is 0 Å². The molecule has 0 aromatic heterocycles. The predicted octanol–water partition coefficient (Wildman–Crippen LogP) is 1.26. The van der Waals surface area contributed by atoms with Crippen LogP contribution in [-0.4, -0.2) is 26.4 Å². The normalized spacial score (nSPS) is 17.2. The zero-order valence-electron chi connectivity index (χ0n) is 7.49. The first kappa shape index (κ1) is 12.5. The van der Waals surface area contributed by atoms with Crippen LogP contribution in [0.15, 0.2) is 0 Å². The van der Waals surface area contributed by atoms with E-state index < -0.39 is 21.3 Å². The summed E-state index contributed by atoms with van der Waals surface area (Å²) in [4.78, 5) is 0. The first-order valence-corrected chi connectivity index (χ1v) is 5.74. The van der Waals surface area contributed by atoms with Gasteiger partial charge in [0.25, 0.3) is 0 Å². The first-order chi connectivity index (χ1) is 5.81. The number of terminal acetylenes is 1. The third kappa shape index (κ3) is 4.34. The molecule has 0 aromatic carbocycles. The molecular formula is C8H13F3OSi. The van der Waals surface area contributed by atoms with Crippen molar-refractivity contribution in [3.05, 3.63) is 0 Å². The standard InChI is InChI=1S/C8H13F3OSi/c1-3-13-6-4-5-7(2,12)8(9,10)11/h1,12H,4-6,13H2,2H3. The van der Waals surface area contributed by atoms with Gasteiger partial charge in [0, 0.05) is 0 Å². The molecule has 0 radical (unpaired) electrons. The summed E-state index contributed by atoms with van der Waals surface area (Å²) in [6, 6.07) is 0.655. The van der Waals surface area contributed by atoms with Crippen LogP contribution in [0, 0.1) is 12.0 Å². The lowest BCUT2D eigenvalue weighted by molar-refractivity contribution is -0.255. The highest BCUT2D eigenvalue weighted by molar-refractivity contribution is 6.45. The highest BCUT2D eigenvalue weighted by Crippen LogP contribution is 2.33. The van der Waals surface area contributed by atoms with Crippen molar-refractivity contribution in [2.45, 2.75) is 37.6 Å². The van der Waals surface area contributed by atoms with Gasteiger partial charge in [0.1, 0.15) is 9.52 Å². The minimum absolute atomic E-state index is 0.259. The zero-order valence-corrected chi connectivity index (χ0v) is 8.90. The van der Waals surface area contributed by atoms with Crippen LogP contribution in [0.1, 0.15) is 19.8 Å². The van der Waals surface area contributed by atoms with E-state index in [2.05, 4.69) is 5.54 Å². The maximum Gasteiger partial charge on any atom is 0.416 e. The van der Waals surface area contributed by atoms with Crippen molar-refractivity contribution in [2.24, 2.45) is 0 Å². The Balaban J connectivity index is 3.85. The Morgan fingerprint density at radius 3 is 2.38 bits per heavy atom. The minimum atomic E-state index is -4.54. The lowest BCUT2D eigenvalue weighted by Gasteiger charge is -2.25. The molecule has 0 spiro atoms. The summed E-state index contributed by atoms with van der Waals surface area (Å²) in [5, 5.41) is 8.99. The highest BCUT2D eigenvalue weighted by Gasteiger charge is 2.48. The van der Waals surface area contributed by atoms with Gasteiger partial charge in [-0.25, -0.2) is 0 Å². The van der Waals surface area contributed by atoms with E-state index in [0.29, 0.717) is 12.5 Å². The SMILES string of the molecule is C#C[SiH2]CCCC(C)(O)C(F)(F)F. The summed E-state index contributed by atoms with van der Waals surface area (Å²) in [5.74, 6) is 0. The molecule has 1 atom stereocenters. The molecule has 1 N–H and O–H groups in total. The second-order valence-electron chi connectivity index (χ2n) is 3.18. The Morgan fingerprint density at radius 2 is 2.00 bits per heavy atom. The molecule has 0 aliphatic carbocycles. The van der Waals surface area contributed by atoms with Crippen LogP contribution in [0.4, 0.5) is 13.2 Å². The van der Waals surface area contributed by atoms with Crippen molar-refractivity contribution in [3.63, 3.8) is 0 Å². The highest BCUT2D eigenvalue weighted by atomic mass is 28.2. The third-order valence-electron chi connectivity index (χ3n) is 1.85. The lowest BCUT2D eigenvalue weighted by Crippen LogP contribution is -2.41. The van der Waals surface area contributed by atoms with Crippen LogP contribution in [0.3, 0.4) is 0 Å². The van der Waals surface area contributed by atoms with Crippen LogP contribution in [0.25, 0.3) is 0 Å². The molecule has 0 rings (SSSR count). The molecule has 5 heteroatoms. The van der Waals surface area contributed by atoms with E-state index in [0.717, 1.165) is 6.92 Å². The fourth-order valence-corrected chi connectivity index (χ4v) is 1.54. The van der Waals surface area contributed by atoms with Crippen molar-refractivity contribution in [3.8, 4) is 12.0 Å². The molecule has 0 aromatic rings. The van der Waals surface area contributed by atoms with Crippen molar-refractivity contribution < 1.29 is 18.3 Å². The average Bonchev–Trinajstić information content (AvgIpc) is 1.96. The second kappa shape index (κ2) is 4.68. The van der Waals surface area contributed by atoms with Crippen molar-refractivity contribution in [2.75, 3.05) is 0 Å². The number of rotatable bonds is 4. The van der Waals surface area contributed by atoms with Gasteiger partial charge >= 0.3 is 6.18 Å². The van der Waals surface area contributed by atoms with Crippen LogP contribution >= 0.6 is 0 Å². The molecule has 0 fully saturated rings. The fraction of sp³-hybridized carbons (Fsp3) is 0.750. The van der Waals surface area contributed by atoms with Crippen LogP contribution < -0.4 is 0 Å². The first-order valence-electron chi connectivity index (χ1n) is 4.04. The number of hydrogen-bond acceptors (Lipinski definition) is 1. The number of hydrogen-bond donors (Lipinski definition) is 1. The van der Waals surface area contributed by atoms with E-state index in [1.54, 1.807) is 0 Å². The quantitative estimate of drug-likeness (QED) is 0.421. The molecule has 76 valence electrons. The number of alkyl halides is 3. The van der Waals surface area contributed by atoms with Crippen molar-refractivity contribution in [1.29, 1.82) is 0 Å². The van der Waals surface area contributed by atoms with E-state index >= 15 is 0 Å². The van der Waals surface area contributed by atoms with Crippen LogP contribution in [0.2, 0.25) is 6.04 Å². The molecule has 0 saturated heterocycles. The summed E-state index contributed by atoms with van der Waals surface area (Å²) in [6.07, 6.45) is 0.546. The molecule has 1 unspecified atom stereocenters. The van der Waals surface area contributed by atoms with E-state index in [1.807, 2.05) is 0 Å². The Labute approximate surface area is 78.2 Å². The van der Waals surface area contributed by atoms with Gasteiger partial charge < -0.3 is 5.11 Å². The van der Waals surface area contributed by atoms with Crippen molar-refractivity contribution >= 4 is 9.52 Å². The van der Waals surface area contributed by atoms with E-state index in [4.69, 9.17) is 11.5 Å². The summed E-state index contributed by atoms with van der Waals surface area (Å²) in [7, 11) is -0.642. The molecule has 0 aliphatic heterocycles. The Morgan fingerprint density at radius 1 is 1.46 bits per heavy atom. The summed E-state index contributed by atoms with van der Waals surface area (Å²) in [5.41, 5.74) is -0.0908. The third-order valence-corrected chi connectivity index (χ3v) is 2.99. The molecule has 0 heterocycles. The topological polar surface area (TPSA) is 20.2 Å². The van der Waals surface area contributed by atoms with Crippen molar-refractivity contribution in [1.82, 2.24) is 0 Å². The molecule has 0 amide bonds.